The number of nitriles is 1. The average Bonchev–Trinajstić information content (AvgIpc) is 2.52. The molecule has 7 heteroatoms. The van der Waals surface area contributed by atoms with Crippen molar-refractivity contribution in [1.29, 1.82) is 5.26 Å². The summed E-state index contributed by atoms with van der Waals surface area (Å²) in [5.74, 6) is 0. The third-order valence-corrected chi connectivity index (χ3v) is 3.03. The van der Waals surface area contributed by atoms with E-state index in [0.717, 1.165) is 18.2 Å². The lowest BCUT2D eigenvalue weighted by Gasteiger charge is -2.17. The number of hydrogen-bond donors (Lipinski definition) is 2. The summed E-state index contributed by atoms with van der Waals surface area (Å²) in [6.45, 7) is -0.123. The molecular formula is C15H12F3N3O. The number of aliphatic hydroxyl groups is 1. The van der Waals surface area contributed by atoms with Gasteiger partial charge in [0, 0.05) is 24.6 Å². The van der Waals surface area contributed by atoms with Crippen LogP contribution in [0.3, 0.4) is 0 Å². The number of nitrogens with one attached hydrogen (secondary N) is 1. The molecule has 0 spiro atoms. The van der Waals surface area contributed by atoms with E-state index in [0.29, 0.717) is 5.56 Å². The second-order valence-electron chi connectivity index (χ2n) is 4.55. The Labute approximate surface area is 124 Å². The summed E-state index contributed by atoms with van der Waals surface area (Å²) in [5, 5.41) is 21.3. The molecule has 1 heterocycles. The molecule has 0 saturated heterocycles. The Hall–Kier alpha value is -2.59. The standard InChI is InChI=1S/C15H12F3N3O/c16-15(17,18)12-2-1-10(8-19)7-13(12)21-9-14(22)11-3-5-20-6-4-11/h1-7,14,21-22H,9H2/t14-/m0/s1. The van der Waals surface area contributed by atoms with E-state index in [1.54, 1.807) is 18.2 Å². The van der Waals surface area contributed by atoms with Crippen molar-refractivity contribution in [2.75, 3.05) is 11.9 Å². The quantitative estimate of drug-likeness (QED) is 0.910. The molecule has 2 rings (SSSR count). The predicted octanol–water partition coefficient (Wildman–Crippen LogP) is 3.12. The molecule has 0 bridgehead atoms. The Bertz CT molecular complexity index is 681. The summed E-state index contributed by atoms with van der Waals surface area (Å²) in [6.07, 6.45) is -2.57. The van der Waals surface area contributed by atoms with Crippen LogP contribution < -0.4 is 5.32 Å². The minimum Gasteiger partial charge on any atom is -0.387 e. The van der Waals surface area contributed by atoms with E-state index < -0.39 is 17.8 Å². The van der Waals surface area contributed by atoms with Crippen LogP contribution in [0.2, 0.25) is 0 Å². The second kappa shape index (κ2) is 6.45. The molecule has 4 nitrogen and oxygen atoms in total. The van der Waals surface area contributed by atoms with Crippen molar-refractivity contribution in [1.82, 2.24) is 4.98 Å². The number of rotatable bonds is 4. The van der Waals surface area contributed by atoms with Gasteiger partial charge in [-0.15, -0.1) is 0 Å². The molecule has 0 amide bonds. The minimum atomic E-state index is -4.54. The van der Waals surface area contributed by atoms with Crippen molar-refractivity contribution in [3.63, 3.8) is 0 Å². The van der Waals surface area contributed by atoms with Gasteiger partial charge in [-0.1, -0.05) is 0 Å². The normalized spacial score (nSPS) is 12.5. The first kappa shape index (κ1) is 15.8. The van der Waals surface area contributed by atoms with Crippen molar-refractivity contribution >= 4 is 5.69 Å². The molecule has 0 unspecified atom stereocenters. The number of aliphatic hydroxyl groups excluding tert-OH is 1. The lowest BCUT2D eigenvalue weighted by Crippen LogP contribution is -2.16. The molecule has 0 aliphatic rings. The lowest BCUT2D eigenvalue weighted by molar-refractivity contribution is -0.137. The highest BCUT2D eigenvalue weighted by molar-refractivity contribution is 5.57. The smallest absolute Gasteiger partial charge is 0.387 e. The zero-order valence-electron chi connectivity index (χ0n) is 11.3. The number of hydrogen-bond acceptors (Lipinski definition) is 4. The van der Waals surface area contributed by atoms with E-state index in [4.69, 9.17) is 5.26 Å². The maximum absolute atomic E-state index is 12.9. The molecule has 1 aromatic carbocycles. The summed E-state index contributed by atoms with van der Waals surface area (Å²) >= 11 is 0. The van der Waals surface area contributed by atoms with Gasteiger partial charge in [-0.05, 0) is 35.9 Å². The Morgan fingerprint density at radius 1 is 1.23 bits per heavy atom. The van der Waals surface area contributed by atoms with Crippen molar-refractivity contribution < 1.29 is 18.3 Å². The van der Waals surface area contributed by atoms with Gasteiger partial charge < -0.3 is 10.4 Å². The summed E-state index contributed by atoms with van der Waals surface area (Å²) in [5.41, 5.74) is -0.477. The monoisotopic (exact) mass is 307 g/mol. The maximum atomic E-state index is 12.9. The first-order valence-electron chi connectivity index (χ1n) is 6.35. The maximum Gasteiger partial charge on any atom is 0.418 e. The van der Waals surface area contributed by atoms with Gasteiger partial charge in [-0.3, -0.25) is 4.98 Å². The fourth-order valence-corrected chi connectivity index (χ4v) is 1.92. The molecular weight excluding hydrogens is 295 g/mol. The topological polar surface area (TPSA) is 68.9 Å². The van der Waals surface area contributed by atoms with Crippen molar-refractivity contribution in [2.45, 2.75) is 12.3 Å². The minimum absolute atomic E-state index is 0.105. The van der Waals surface area contributed by atoms with Gasteiger partial charge in [-0.2, -0.15) is 18.4 Å². The average molecular weight is 307 g/mol. The van der Waals surface area contributed by atoms with E-state index in [9.17, 15) is 18.3 Å². The van der Waals surface area contributed by atoms with Gasteiger partial charge in [-0.25, -0.2) is 0 Å². The Morgan fingerprint density at radius 2 is 1.91 bits per heavy atom. The molecule has 22 heavy (non-hydrogen) atoms. The van der Waals surface area contributed by atoms with Crippen LogP contribution in [0, 0.1) is 11.3 Å². The number of halogens is 3. The molecule has 0 aliphatic carbocycles. The summed E-state index contributed by atoms with van der Waals surface area (Å²) < 4.78 is 38.8. The van der Waals surface area contributed by atoms with Crippen LogP contribution in [-0.2, 0) is 6.18 Å². The zero-order valence-corrected chi connectivity index (χ0v) is 11.3. The van der Waals surface area contributed by atoms with Gasteiger partial charge >= 0.3 is 6.18 Å². The second-order valence-corrected chi connectivity index (χ2v) is 4.55. The van der Waals surface area contributed by atoms with Crippen molar-refractivity contribution in [2.24, 2.45) is 0 Å². The van der Waals surface area contributed by atoms with Crippen LogP contribution in [-0.4, -0.2) is 16.6 Å². The fraction of sp³-hybridized carbons (Fsp3) is 0.200. The van der Waals surface area contributed by atoms with E-state index in [1.807, 2.05) is 0 Å². The third-order valence-electron chi connectivity index (χ3n) is 3.03. The highest BCUT2D eigenvalue weighted by Gasteiger charge is 2.33. The molecule has 0 fully saturated rings. The number of pyridine rings is 1. The van der Waals surface area contributed by atoms with Crippen LogP contribution in [0.15, 0.2) is 42.7 Å². The van der Waals surface area contributed by atoms with Gasteiger partial charge in [0.05, 0.1) is 23.3 Å². The summed E-state index contributed by atoms with van der Waals surface area (Å²) in [4.78, 5) is 3.80. The van der Waals surface area contributed by atoms with Gasteiger partial charge in [0.2, 0.25) is 0 Å². The van der Waals surface area contributed by atoms with E-state index in [2.05, 4.69) is 10.3 Å². The van der Waals surface area contributed by atoms with Crippen LogP contribution >= 0.6 is 0 Å². The van der Waals surface area contributed by atoms with Crippen molar-refractivity contribution in [3.05, 3.63) is 59.4 Å². The lowest BCUT2D eigenvalue weighted by atomic mass is 10.1. The molecule has 1 atom stereocenters. The molecule has 114 valence electrons. The largest absolute Gasteiger partial charge is 0.418 e. The number of anilines is 1. The zero-order chi connectivity index (χ0) is 16.2. The number of nitrogens with zero attached hydrogens (tertiary/aromatic N) is 2. The molecule has 2 N–H and O–H groups in total. The van der Waals surface area contributed by atoms with E-state index >= 15 is 0 Å². The highest BCUT2D eigenvalue weighted by Crippen LogP contribution is 2.35. The van der Waals surface area contributed by atoms with Crippen LogP contribution in [0.5, 0.6) is 0 Å². The first-order chi connectivity index (χ1) is 10.4. The molecule has 0 radical (unpaired) electrons. The molecule has 2 aromatic rings. The molecule has 0 saturated carbocycles. The van der Waals surface area contributed by atoms with Crippen LogP contribution in [0.25, 0.3) is 0 Å². The number of alkyl halides is 3. The Kier molecular flexibility index (Phi) is 4.63. The number of benzene rings is 1. The summed E-state index contributed by atoms with van der Waals surface area (Å²) in [7, 11) is 0. The Balaban J connectivity index is 2.20. The van der Waals surface area contributed by atoms with E-state index in [-0.39, 0.29) is 17.8 Å². The predicted molar refractivity (Wildman–Crippen MR) is 73.8 cm³/mol. The Morgan fingerprint density at radius 3 is 2.50 bits per heavy atom. The first-order valence-corrected chi connectivity index (χ1v) is 6.35. The van der Waals surface area contributed by atoms with E-state index in [1.165, 1.54) is 12.4 Å². The van der Waals surface area contributed by atoms with Gasteiger partial charge in [0.25, 0.3) is 0 Å². The summed E-state index contributed by atoms with van der Waals surface area (Å²) in [6, 6.07) is 8.00. The SMILES string of the molecule is N#Cc1ccc(C(F)(F)F)c(NC[C@H](O)c2ccncc2)c1. The van der Waals surface area contributed by atoms with Crippen molar-refractivity contribution in [3.8, 4) is 6.07 Å². The van der Waals surface area contributed by atoms with Crippen LogP contribution in [0.4, 0.5) is 18.9 Å². The van der Waals surface area contributed by atoms with Gasteiger partial charge in [0.15, 0.2) is 0 Å². The highest BCUT2D eigenvalue weighted by atomic mass is 19.4. The number of aromatic nitrogens is 1. The van der Waals surface area contributed by atoms with Gasteiger partial charge in [0.1, 0.15) is 0 Å². The van der Waals surface area contributed by atoms with Crippen LogP contribution in [0.1, 0.15) is 22.8 Å². The third kappa shape index (κ3) is 3.74. The molecule has 0 aliphatic heterocycles. The fourth-order valence-electron chi connectivity index (χ4n) is 1.92. The molecule has 1 aromatic heterocycles.